The second kappa shape index (κ2) is 8.39. The number of thiophene rings is 2. The normalized spacial score (nSPS) is 15.7. The number of fused-ring (bicyclic) bond motifs is 1. The number of hydrogen-bond donors (Lipinski definition) is 0. The summed E-state index contributed by atoms with van der Waals surface area (Å²) >= 11 is 3.43. The fourth-order valence-corrected chi connectivity index (χ4v) is 5.21. The van der Waals surface area contributed by atoms with Crippen LogP contribution in [0.4, 0.5) is 0 Å². The molecule has 0 saturated carbocycles. The predicted molar refractivity (Wildman–Crippen MR) is 116 cm³/mol. The largest absolute Gasteiger partial charge is 0.484 e. The van der Waals surface area contributed by atoms with Gasteiger partial charge in [-0.3, -0.25) is 9.59 Å². The lowest BCUT2D eigenvalue weighted by molar-refractivity contribution is -0.130. The minimum absolute atomic E-state index is 0.0235. The van der Waals surface area contributed by atoms with E-state index < -0.39 is 0 Å². The van der Waals surface area contributed by atoms with E-state index in [1.54, 1.807) is 61.0 Å². The molecular weight excluding hydrogens is 404 g/mol. The SMILES string of the molecule is CN(C)C(=O)COc1cccc(C(=O)N2CCc3sccc3[C@H]2c2cccs2)c1. The monoisotopic (exact) mass is 426 g/mol. The molecule has 2 amide bonds. The summed E-state index contributed by atoms with van der Waals surface area (Å²) in [6.07, 6.45) is 0.869. The highest BCUT2D eigenvalue weighted by Crippen LogP contribution is 2.40. The average molecular weight is 427 g/mol. The molecule has 0 radical (unpaired) electrons. The van der Waals surface area contributed by atoms with Gasteiger partial charge in [-0.2, -0.15) is 0 Å². The zero-order valence-corrected chi connectivity index (χ0v) is 18.0. The smallest absolute Gasteiger partial charge is 0.259 e. The van der Waals surface area contributed by atoms with Crippen molar-refractivity contribution in [3.8, 4) is 5.75 Å². The van der Waals surface area contributed by atoms with E-state index in [1.165, 1.54) is 20.2 Å². The zero-order valence-electron chi connectivity index (χ0n) is 16.3. The number of hydrogen-bond acceptors (Lipinski definition) is 5. The van der Waals surface area contributed by atoms with Crippen LogP contribution < -0.4 is 4.74 Å². The van der Waals surface area contributed by atoms with E-state index >= 15 is 0 Å². The lowest BCUT2D eigenvalue weighted by Crippen LogP contribution is -2.39. The van der Waals surface area contributed by atoms with Gasteiger partial charge in [0.1, 0.15) is 5.75 Å². The second-order valence-corrected chi connectivity index (χ2v) is 9.05. The van der Waals surface area contributed by atoms with Crippen LogP contribution in [-0.4, -0.2) is 48.9 Å². The van der Waals surface area contributed by atoms with E-state index in [1.807, 2.05) is 11.0 Å². The van der Waals surface area contributed by atoms with Crippen molar-refractivity contribution in [3.63, 3.8) is 0 Å². The highest BCUT2D eigenvalue weighted by atomic mass is 32.1. The molecule has 1 aliphatic rings. The molecule has 3 aromatic rings. The fourth-order valence-electron chi connectivity index (χ4n) is 3.45. The number of rotatable bonds is 5. The summed E-state index contributed by atoms with van der Waals surface area (Å²) in [4.78, 5) is 31.2. The number of benzene rings is 1. The van der Waals surface area contributed by atoms with Crippen LogP contribution in [0.15, 0.2) is 53.2 Å². The molecular formula is C22H22N2O3S2. The summed E-state index contributed by atoms with van der Waals surface area (Å²) in [7, 11) is 3.37. The van der Waals surface area contributed by atoms with Crippen molar-refractivity contribution in [1.82, 2.24) is 9.80 Å². The molecule has 1 aliphatic heterocycles. The van der Waals surface area contributed by atoms with E-state index in [2.05, 4.69) is 22.9 Å². The maximum Gasteiger partial charge on any atom is 0.259 e. The number of carbonyl (C=O) groups is 2. The molecule has 0 fully saturated rings. The van der Waals surface area contributed by atoms with Gasteiger partial charge >= 0.3 is 0 Å². The van der Waals surface area contributed by atoms with Crippen molar-refractivity contribution >= 4 is 34.5 Å². The maximum absolute atomic E-state index is 13.4. The molecule has 29 heavy (non-hydrogen) atoms. The fraction of sp³-hybridized carbons (Fsp3) is 0.273. The van der Waals surface area contributed by atoms with Crippen molar-refractivity contribution in [2.24, 2.45) is 0 Å². The molecule has 0 saturated heterocycles. The number of likely N-dealkylation sites (N-methyl/N-ethyl adjacent to an activating group) is 1. The molecule has 150 valence electrons. The van der Waals surface area contributed by atoms with E-state index in [0.29, 0.717) is 17.9 Å². The van der Waals surface area contributed by atoms with Crippen LogP contribution in [0.5, 0.6) is 5.75 Å². The molecule has 0 spiro atoms. The topological polar surface area (TPSA) is 49.9 Å². The molecule has 0 aliphatic carbocycles. The Morgan fingerprint density at radius 1 is 1.14 bits per heavy atom. The Morgan fingerprint density at radius 3 is 2.76 bits per heavy atom. The third-order valence-corrected chi connectivity index (χ3v) is 6.90. The number of ether oxygens (including phenoxy) is 1. The zero-order chi connectivity index (χ0) is 20.4. The molecule has 2 aromatic heterocycles. The van der Waals surface area contributed by atoms with E-state index in [9.17, 15) is 9.59 Å². The minimum Gasteiger partial charge on any atom is -0.484 e. The molecule has 0 unspecified atom stereocenters. The van der Waals surface area contributed by atoms with E-state index in [4.69, 9.17) is 4.74 Å². The number of amides is 2. The standard InChI is InChI=1S/C22H22N2O3S2/c1-23(2)20(25)14-27-16-6-3-5-15(13-16)22(26)24-10-8-18-17(9-12-29-18)21(24)19-7-4-11-28-19/h3-7,9,11-13,21H,8,10,14H2,1-2H3/t21-/m0/s1. The summed E-state index contributed by atoms with van der Waals surface area (Å²) in [6, 6.07) is 13.3. The quantitative estimate of drug-likeness (QED) is 0.618. The highest BCUT2D eigenvalue weighted by molar-refractivity contribution is 7.10. The molecule has 5 nitrogen and oxygen atoms in total. The number of carbonyl (C=O) groups excluding carboxylic acids is 2. The minimum atomic E-state index is -0.125. The Bertz CT molecular complexity index is 1010. The molecule has 4 rings (SSSR count). The molecule has 1 atom stereocenters. The second-order valence-electron chi connectivity index (χ2n) is 7.07. The van der Waals surface area contributed by atoms with Gasteiger partial charge in [0.05, 0.1) is 6.04 Å². The first kappa shape index (κ1) is 19.7. The van der Waals surface area contributed by atoms with Crippen molar-refractivity contribution < 1.29 is 14.3 Å². The van der Waals surface area contributed by atoms with Gasteiger partial charge < -0.3 is 14.5 Å². The molecule has 3 heterocycles. The van der Waals surface area contributed by atoms with Gasteiger partial charge in [-0.25, -0.2) is 0 Å². The lowest BCUT2D eigenvalue weighted by Gasteiger charge is -2.35. The summed E-state index contributed by atoms with van der Waals surface area (Å²) in [5.41, 5.74) is 1.79. The van der Waals surface area contributed by atoms with Crippen molar-refractivity contribution in [1.29, 1.82) is 0 Å². The Kier molecular flexibility index (Phi) is 5.69. The number of nitrogens with zero attached hydrogens (tertiary/aromatic N) is 2. The lowest BCUT2D eigenvalue weighted by atomic mass is 9.97. The first-order valence-corrected chi connectivity index (χ1v) is 11.1. The van der Waals surface area contributed by atoms with Gasteiger partial charge in [0.25, 0.3) is 11.8 Å². The maximum atomic E-state index is 13.4. The molecule has 0 N–H and O–H groups in total. The third-order valence-electron chi connectivity index (χ3n) is 4.98. The Morgan fingerprint density at radius 2 is 2.00 bits per heavy atom. The van der Waals surface area contributed by atoms with Gasteiger partial charge in [0.15, 0.2) is 6.61 Å². The third kappa shape index (κ3) is 4.06. The summed E-state index contributed by atoms with van der Waals surface area (Å²) in [5.74, 6) is 0.372. The van der Waals surface area contributed by atoms with Crippen LogP contribution in [0.1, 0.15) is 31.7 Å². The first-order valence-electron chi connectivity index (χ1n) is 9.38. The van der Waals surface area contributed by atoms with Gasteiger partial charge in [0, 0.05) is 36.0 Å². The van der Waals surface area contributed by atoms with Gasteiger partial charge in [0.2, 0.25) is 0 Å². The van der Waals surface area contributed by atoms with Crippen LogP contribution in [0.3, 0.4) is 0 Å². The molecule has 7 heteroatoms. The van der Waals surface area contributed by atoms with Crippen molar-refractivity contribution in [2.75, 3.05) is 27.2 Å². The van der Waals surface area contributed by atoms with E-state index in [-0.39, 0.29) is 24.5 Å². The van der Waals surface area contributed by atoms with Gasteiger partial charge in [-0.05, 0) is 53.1 Å². The Hall–Kier alpha value is -2.64. The van der Waals surface area contributed by atoms with E-state index in [0.717, 1.165) is 6.42 Å². The average Bonchev–Trinajstić information content (AvgIpc) is 3.42. The van der Waals surface area contributed by atoms with Crippen LogP contribution in [0.2, 0.25) is 0 Å². The first-order chi connectivity index (χ1) is 14.0. The Balaban J connectivity index is 1.59. The van der Waals surface area contributed by atoms with Crippen LogP contribution >= 0.6 is 22.7 Å². The predicted octanol–water partition coefficient (Wildman–Crippen LogP) is 4.06. The van der Waals surface area contributed by atoms with Crippen molar-refractivity contribution in [2.45, 2.75) is 12.5 Å². The highest BCUT2D eigenvalue weighted by Gasteiger charge is 2.34. The molecule has 1 aromatic carbocycles. The van der Waals surface area contributed by atoms with Crippen LogP contribution in [0.25, 0.3) is 0 Å². The Labute approximate surface area is 178 Å². The van der Waals surface area contributed by atoms with Gasteiger partial charge in [-0.15, -0.1) is 22.7 Å². The summed E-state index contributed by atoms with van der Waals surface area (Å²) < 4.78 is 5.59. The summed E-state index contributed by atoms with van der Waals surface area (Å²) in [5, 5.41) is 4.16. The van der Waals surface area contributed by atoms with Crippen molar-refractivity contribution in [3.05, 3.63) is 74.1 Å². The molecule has 0 bridgehead atoms. The van der Waals surface area contributed by atoms with Crippen LogP contribution in [-0.2, 0) is 11.2 Å². The summed E-state index contributed by atoms with van der Waals surface area (Å²) in [6.45, 7) is 0.629. The van der Waals surface area contributed by atoms with Gasteiger partial charge in [-0.1, -0.05) is 12.1 Å². The van der Waals surface area contributed by atoms with Crippen LogP contribution in [0, 0.1) is 0 Å².